The predicted molar refractivity (Wildman–Crippen MR) is 101 cm³/mol. The van der Waals surface area contributed by atoms with Crippen molar-refractivity contribution in [3.63, 3.8) is 0 Å². The molecule has 0 bridgehead atoms. The van der Waals surface area contributed by atoms with Gasteiger partial charge in [0.1, 0.15) is 10.1 Å². The molecule has 1 saturated heterocycles. The molecule has 1 heterocycles. The van der Waals surface area contributed by atoms with Crippen molar-refractivity contribution in [2.75, 3.05) is 25.4 Å². The van der Waals surface area contributed by atoms with Crippen LogP contribution in [-0.4, -0.2) is 46.5 Å². The van der Waals surface area contributed by atoms with Crippen LogP contribution in [0.1, 0.15) is 12.8 Å². The lowest BCUT2D eigenvalue weighted by Crippen LogP contribution is -2.37. The molecule has 24 heavy (non-hydrogen) atoms. The van der Waals surface area contributed by atoms with E-state index in [0.29, 0.717) is 58.4 Å². The third-order valence-electron chi connectivity index (χ3n) is 3.20. The average molecular weight is 407 g/mol. The summed E-state index contributed by atoms with van der Waals surface area (Å²) in [6, 6.07) is 4.99. The van der Waals surface area contributed by atoms with Crippen LogP contribution >= 0.6 is 47.2 Å². The molecule has 0 saturated carbocycles. The number of nitrogens with one attached hydrogen (secondary N) is 1. The number of thiocarbonyl (C=S) groups is 1. The molecule has 2 rings (SSSR count). The highest BCUT2D eigenvalue weighted by Crippen LogP contribution is 2.27. The van der Waals surface area contributed by atoms with E-state index < -0.39 is 0 Å². The summed E-state index contributed by atoms with van der Waals surface area (Å²) in [5.74, 6) is 0.829. The van der Waals surface area contributed by atoms with Crippen LogP contribution in [0.2, 0.25) is 10.0 Å². The molecule has 1 aliphatic heterocycles. The van der Waals surface area contributed by atoms with Crippen molar-refractivity contribution in [1.82, 2.24) is 10.2 Å². The zero-order valence-electron chi connectivity index (χ0n) is 12.7. The van der Waals surface area contributed by atoms with Crippen molar-refractivity contribution in [3.8, 4) is 5.75 Å². The summed E-state index contributed by atoms with van der Waals surface area (Å²) in [4.78, 5) is 24.8. The second-order valence-corrected chi connectivity index (χ2v) is 7.43. The summed E-state index contributed by atoms with van der Waals surface area (Å²) < 4.78 is 6.08. The van der Waals surface area contributed by atoms with Gasteiger partial charge in [0, 0.05) is 24.5 Å². The zero-order chi connectivity index (χ0) is 17.5. The number of nitrogens with zero attached hydrogens (tertiary/aromatic N) is 1. The quantitative estimate of drug-likeness (QED) is 0.530. The summed E-state index contributed by atoms with van der Waals surface area (Å²) in [7, 11) is 0. The van der Waals surface area contributed by atoms with Crippen molar-refractivity contribution < 1.29 is 14.3 Å². The van der Waals surface area contributed by atoms with Gasteiger partial charge in [-0.15, -0.1) is 0 Å². The normalized spacial score (nSPS) is 14.2. The molecule has 0 spiro atoms. The van der Waals surface area contributed by atoms with Gasteiger partial charge in [-0.3, -0.25) is 14.5 Å². The molecular weight excluding hydrogens is 391 g/mol. The third kappa shape index (κ3) is 5.81. The Morgan fingerprint density at radius 1 is 1.42 bits per heavy atom. The van der Waals surface area contributed by atoms with Crippen molar-refractivity contribution in [1.29, 1.82) is 0 Å². The summed E-state index contributed by atoms with van der Waals surface area (Å²) >= 11 is 18.2. The standard InChI is InChI=1S/C15H16Cl2N2O3S2/c16-10-3-4-12(11(17)8-10)22-7-1-2-13(20)18-5-6-19-14(21)9-24-15(19)23/h3-4,8H,1-2,5-7,9H2,(H,18,20). The summed E-state index contributed by atoms with van der Waals surface area (Å²) in [5, 5.41) is 3.75. The largest absolute Gasteiger partial charge is 0.492 e. The highest BCUT2D eigenvalue weighted by molar-refractivity contribution is 8.23. The maximum absolute atomic E-state index is 11.8. The molecule has 0 unspecified atom stereocenters. The first kappa shape index (κ1) is 19.3. The van der Waals surface area contributed by atoms with Crippen LogP contribution in [0.5, 0.6) is 5.75 Å². The van der Waals surface area contributed by atoms with Crippen molar-refractivity contribution in [3.05, 3.63) is 28.2 Å². The Balaban J connectivity index is 1.60. The van der Waals surface area contributed by atoms with E-state index in [1.807, 2.05) is 0 Å². The van der Waals surface area contributed by atoms with E-state index in [4.69, 9.17) is 40.2 Å². The van der Waals surface area contributed by atoms with Gasteiger partial charge in [0.15, 0.2) is 0 Å². The Labute approximate surface area is 160 Å². The molecule has 5 nitrogen and oxygen atoms in total. The Morgan fingerprint density at radius 3 is 2.88 bits per heavy atom. The van der Waals surface area contributed by atoms with Crippen LogP contribution in [0.25, 0.3) is 0 Å². The van der Waals surface area contributed by atoms with Crippen molar-refractivity contribution in [2.24, 2.45) is 0 Å². The molecule has 0 aliphatic carbocycles. The molecule has 1 fully saturated rings. The number of ether oxygens (including phenoxy) is 1. The fraction of sp³-hybridized carbons (Fsp3) is 0.400. The van der Waals surface area contributed by atoms with Crippen LogP contribution in [-0.2, 0) is 9.59 Å². The van der Waals surface area contributed by atoms with Gasteiger partial charge in [-0.25, -0.2) is 0 Å². The highest BCUT2D eigenvalue weighted by Gasteiger charge is 2.25. The van der Waals surface area contributed by atoms with Crippen molar-refractivity contribution >= 4 is 63.3 Å². The third-order valence-corrected chi connectivity index (χ3v) is 5.16. The first-order chi connectivity index (χ1) is 11.5. The number of rotatable bonds is 8. The van der Waals surface area contributed by atoms with Gasteiger partial charge in [-0.05, 0) is 24.6 Å². The fourth-order valence-corrected chi connectivity index (χ4v) is 3.58. The van der Waals surface area contributed by atoms with E-state index in [1.54, 1.807) is 18.2 Å². The Kier molecular flexibility index (Phi) is 7.61. The van der Waals surface area contributed by atoms with Gasteiger partial charge in [-0.2, -0.15) is 0 Å². The summed E-state index contributed by atoms with van der Waals surface area (Å²) in [6.45, 7) is 1.17. The van der Waals surface area contributed by atoms with Gasteiger partial charge < -0.3 is 10.1 Å². The average Bonchev–Trinajstić information content (AvgIpc) is 2.85. The van der Waals surface area contributed by atoms with Crippen molar-refractivity contribution in [2.45, 2.75) is 12.8 Å². The number of halogens is 2. The lowest BCUT2D eigenvalue weighted by atomic mass is 10.3. The highest BCUT2D eigenvalue weighted by atomic mass is 35.5. The number of benzene rings is 1. The molecule has 130 valence electrons. The molecular formula is C15H16Cl2N2O3S2. The molecule has 0 radical (unpaired) electrons. The molecule has 2 amide bonds. The zero-order valence-corrected chi connectivity index (χ0v) is 15.9. The van der Waals surface area contributed by atoms with Crippen LogP contribution in [0.15, 0.2) is 18.2 Å². The monoisotopic (exact) mass is 406 g/mol. The molecule has 1 aliphatic rings. The molecule has 9 heteroatoms. The lowest BCUT2D eigenvalue weighted by Gasteiger charge is -2.15. The summed E-state index contributed by atoms with van der Waals surface area (Å²) in [6.07, 6.45) is 0.889. The second kappa shape index (κ2) is 9.46. The number of amides is 2. The number of carbonyl (C=O) groups excluding carboxylic acids is 2. The van der Waals surface area contributed by atoms with E-state index in [2.05, 4.69) is 5.32 Å². The van der Waals surface area contributed by atoms with Crippen LogP contribution < -0.4 is 10.1 Å². The van der Waals surface area contributed by atoms with Crippen LogP contribution in [0, 0.1) is 0 Å². The first-order valence-corrected chi connectivity index (χ1v) is 9.44. The minimum atomic E-state index is -0.0916. The lowest BCUT2D eigenvalue weighted by molar-refractivity contribution is -0.125. The number of hydrogen-bond donors (Lipinski definition) is 1. The Bertz CT molecular complexity index is 627. The number of hydrogen-bond acceptors (Lipinski definition) is 5. The van der Waals surface area contributed by atoms with Gasteiger partial charge in [0.2, 0.25) is 11.8 Å². The summed E-state index contributed by atoms with van der Waals surface area (Å²) in [5.41, 5.74) is 0. The molecule has 1 N–H and O–H groups in total. The van der Waals surface area contributed by atoms with Gasteiger partial charge >= 0.3 is 0 Å². The fourth-order valence-electron chi connectivity index (χ4n) is 2.00. The minimum Gasteiger partial charge on any atom is -0.492 e. The van der Waals surface area contributed by atoms with E-state index in [9.17, 15) is 9.59 Å². The predicted octanol–water partition coefficient (Wildman–Crippen LogP) is 3.13. The number of thioether (sulfide) groups is 1. The Hall–Kier alpha value is -1.02. The SMILES string of the molecule is O=C(CCCOc1ccc(Cl)cc1Cl)NCCN1C(=O)CSC1=S. The topological polar surface area (TPSA) is 58.6 Å². The maximum atomic E-state index is 11.8. The van der Waals surface area contributed by atoms with Gasteiger partial charge in [-0.1, -0.05) is 47.2 Å². The number of carbonyl (C=O) groups is 2. The minimum absolute atomic E-state index is 0.00695. The van der Waals surface area contributed by atoms with E-state index >= 15 is 0 Å². The molecule has 0 atom stereocenters. The van der Waals surface area contributed by atoms with E-state index in [-0.39, 0.29) is 11.8 Å². The van der Waals surface area contributed by atoms with Gasteiger partial charge in [0.05, 0.1) is 17.4 Å². The van der Waals surface area contributed by atoms with Crippen LogP contribution in [0.3, 0.4) is 0 Å². The second-order valence-electron chi connectivity index (χ2n) is 4.98. The maximum Gasteiger partial charge on any atom is 0.238 e. The van der Waals surface area contributed by atoms with Gasteiger partial charge in [0.25, 0.3) is 0 Å². The molecule has 0 aromatic heterocycles. The molecule has 1 aromatic rings. The Morgan fingerprint density at radius 2 is 2.21 bits per heavy atom. The first-order valence-electron chi connectivity index (χ1n) is 7.29. The van der Waals surface area contributed by atoms with Crippen LogP contribution in [0.4, 0.5) is 0 Å². The smallest absolute Gasteiger partial charge is 0.238 e. The molecule has 1 aromatic carbocycles. The van der Waals surface area contributed by atoms with E-state index in [1.165, 1.54) is 16.7 Å². The van der Waals surface area contributed by atoms with E-state index in [0.717, 1.165) is 0 Å².